The molecule has 1 unspecified atom stereocenters. The van der Waals surface area contributed by atoms with E-state index in [1.165, 1.54) is 0 Å². The van der Waals surface area contributed by atoms with Gasteiger partial charge < -0.3 is 5.21 Å². The van der Waals surface area contributed by atoms with Gasteiger partial charge in [0.15, 0.2) is 0 Å². The number of oxime groups is 1. The minimum absolute atomic E-state index is 0.372. The lowest BCUT2D eigenvalue weighted by Gasteiger charge is -2.12. The molecular formula is C6H8F3NO. The summed E-state index contributed by atoms with van der Waals surface area (Å²) in [6.45, 7) is 3.02. The van der Waals surface area contributed by atoms with Crippen molar-refractivity contribution in [1.82, 2.24) is 0 Å². The van der Waals surface area contributed by atoms with Gasteiger partial charge in [-0.05, 0) is 0 Å². The Morgan fingerprint density at radius 3 is 2.36 bits per heavy atom. The van der Waals surface area contributed by atoms with Crippen LogP contribution >= 0.6 is 0 Å². The lowest BCUT2D eigenvalue weighted by atomic mass is 10.1. The molecule has 0 fully saturated rings. The van der Waals surface area contributed by atoms with E-state index in [4.69, 9.17) is 5.21 Å². The van der Waals surface area contributed by atoms with Crippen LogP contribution in [-0.2, 0) is 0 Å². The van der Waals surface area contributed by atoms with E-state index in [1.807, 2.05) is 0 Å². The second-order valence-corrected chi connectivity index (χ2v) is 1.92. The second-order valence-electron chi connectivity index (χ2n) is 1.92. The zero-order valence-electron chi connectivity index (χ0n) is 5.67. The summed E-state index contributed by atoms with van der Waals surface area (Å²) in [6.07, 6.45) is -3.10. The largest absolute Gasteiger partial charge is 0.411 e. The molecule has 0 aliphatic heterocycles. The number of alkyl halides is 3. The first kappa shape index (κ1) is 10.0. The van der Waals surface area contributed by atoms with Crippen molar-refractivity contribution in [3.63, 3.8) is 0 Å². The molecule has 0 saturated carbocycles. The molecule has 0 heterocycles. The van der Waals surface area contributed by atoms with Crippen molar-refractivity contribution in [3.05, 3.63) is 12.7 Å². The van der Waals surface area contributed by atoms with Gasteiger partial charge in [-0.1, -0.05) is 6.08 Å². The lowest BCUT2D eigenvalue weighted by molar-refractivity contribution is -0.158. The molecule has 0 bridgehead atoms. The fourth-order valence-corrected chi connectivity index (χ4v) is 0.524. The molecule has 0 aromatic rings. The maximum atomic E-state index is 11.8. The monoisotopic (exact) mass is 167 g/mol. The van der Waals surface area contributed by atoms with E-state index < -0.39 is 12.1 Å². The van der Waals surface area contributed by atoms with Crippen LogP contribution in [0.25, 0.3) is 0 Å². The molecular weight excluding hydrogens is 159 g/mol. The fourth-order valence-electron chi connectivity index (χ4n) is 0.524. The van der Waals surface area contributed by atoms with Gasteiger partial charge in [-0.15, -0.1) is 11.7 Å². The zero-order chi connectivity index (χ0) is 8.91. The SMILES string of the molecule is C=CC(C/C=N/O)C(F)(F)F. The predicted octanol–water partition coefficient (Wildman–Crippen LogP) is 2.20. The molecule has 0 rings (SSSR count). The average molecular weight is 167 g/mol. The molecule has 0 aliphatic carbocycles. The van der Waals surface area contributed by atoms with E-state index in [0.29, 0.717) is 0 Å². The molecule has 2 nitrogen and oxygen atoms in total. The number of hydrogen-bond acceptors (Lipinski definition) is 2. The summed E-state index contributed by atoms with van der Waals surface area (Å²) in [5.41, 5.74) is 0. The molecule has 0 radical (unpaired) electrons. The summed E-state index contributed by atoms with van der Waals surface area (Å²) in [5, 5.41) is 10.3. The minimum atomic E-state index is -4.30. The van der Waals surface area contributed by atoms with Gasteiger partial charge in [0.2, 0.25) is 0 Å². The Bertz CT molecular complexity index is 152. The average Bonchev–Trinajstić information content (AvgIpc) is 1.87. The van der Waals surface area contributed by atoms with Crippen LogP contribution in [0.15, 0.2) is 17.8 Å². The van der Waals surface area contributed by atoms with E-state index >= 15 is 0 Å². The first-order valence-corrected chi connectivity index (χ1v) is 2.87. The number of rotatable bonds is 3. The van der Waals surface area contributed by atoms with Gasteiger partial charge >= 0.3 is 6.18 Å². The first-order chi connectivity index (χ1) is 5.02. The maximum absolute atomic E-state index is 11.8. The minimum Gasteiger partial charge on any atom is -0.411 e. The highest BCUT2D eigenvalue weighted by molar-refractivity contribution is 5.57. The number of hydrogen-bond donors (Lipinski definition) is 1. The van der Waals surface area contributed by atoms with E-state index in [1.54, 1.807) is 0 Å². The van der Waals surface area contributed by atoms with Crippen LogP contribution in [0.2, 0.25) is 0 Å². The van der Waals surface area contributed by atoms with Gasteiger partial charge in [0.1, 0.15) is 0 Å². The van der Waals surface area contributed by atoms with Crippen LogP contribution in [0.4, 0.5) is 13.2 Å². The predicted molar refractivity (Wildman–Crippen MR) is 34.6 cm³/mol. The number of allylic oxidation sites excluding steroid dienone is 1. The molecule has 0 aromatic heterocycles. The highest BCUT2D eigenvalue weighted by Gasteiger charge is 2.36. The lowest BCUT2D eigenvalue weighted by Crippen LogP contribution is -2.20. The number of nitrogens with zero attached hydrogens (tertiary/aromatic N) is 1. The summed E-state index contributed by atoms with van der Waals surface area (Å²) >= 11 is 0. The van der Waals surface area contributed by atoms with Gasteiger partial charge in [0.05, 0.1) is 5.92 Å². The summed E-state index contributed by atoms with van der Waals surface area (Å²) in [5.74, 6) is -1.63. The molecule has 0 saturated heterocycles. The number of halogens is 3. The van der Waals surface area contributed by atoms with Crippen LogP contribution in [0.5, 0.6) is 0 Å². The highest BCUT2D eigenvalue weighted by Crippen LogP contribution is 2.28. The van der Waals surface area contributed by atoms with Gasteiger partial charge in [0.25, 0.3) is 0 Å². The molecule has 0 amide bonds. The van der Waals surface area contributed by atoms with Crippen molar-refractivity contribution < 1.29 is 18.4 Å². The molecule has 0 aliphatic rings. The Balaban J connectivity index is 4.06. The highest BCUT2D eigenvalue weighted by atomic mass is 19.4. The van der Waals surface area contributed by atoms with Gasteiger partial charge in [-0.3, -0.25) is 0 Å². The quantitative estimate of drug-likeness (QED) is 0.297. The summed E-state index contributed by atoms with van der Waals surface area (Å²) in [6, 6.07) is 0. The molecule has 0 spiro atoms. The zero-order valence-corrected chi connectivity index (χ0v) is 5.67. The summed E-state index contributed by atoms with van der Waals surface area (Å²) in [7, 11) is 0. The molecule has 0 aromatic carbocycles. The Morgan fingerprint density at radius 1 is 1.55 bits per heavy atom. The Kier molecular flexibility index (Phi) is 3.64. The standard InChI is InChI=1S/C6H8F3NO/c1-2-5(3-4-10-11)6(7,8)9/h2,4-5,11H,1,3H2/b10-4+. The van der Waals surface area contributed by atoms with Crippen molar-refractivity contribution in [2.45, 2.75) is 12.6 Å². The fraction of sp³-hybridized carbons (Fsp3) is 0.500. The smallest absolute Gasteiger partial charge is 0.395 e. The summed E-state index contributed by atoms with van der Waals surface area (Å²) in [4.78, 5) is 0. The van der Waals surface area contributed by atoms with Gasteiger partial charge in [-0.2, -0.15) is 13.2 Å². The first-order valence-electron chi connectivity index (χ1n) is 2.87. The van der Waals surface area contributed by atoms with Crippen molar-refractivity contribution in [3.8, 4) is 0 Å². The van der Waals surface area contributed by atoms with Gasteiger partial charge in [0, 0.05) is 12.6 Å². The molecule has 1 N–H and O–H groups in total. The Hall–Kier alpha value is -1.00. The summed E-state index contributed by atoms with van der Waals surface area (Å²) < 4.78 is 35.5. The third kappa shape index (κ3) is 3.64. The molecule has 5 heteroatoms. The van der Waals surface area contributed by atoms with Crippen molar-refractivity contribution in [2.24, 2.45) is 11.1 Å². The topological polar surface area (TPSA) is 32.6 Å². The Labute approximate surface area is 62.0 Å². The van der Waals surface area contributed by atoms with Crippen LogP contribution < -0.4 is 0 Å². The molecule has 11 heavy (non-hydrogen) atoms. The van der Waals surface area contributed by atoms with Crippen LogP contribution in [0.3, 0.4) is 0 Å². The second kappa shape index (κ2) is 4.00. The van der Waals surface area contributed by atoms with Crippen LogP contribution in [0.1, 0.15) is 6.42 Å². The normalized spacial score (nSPS) is 15.2. The van der Waals surface area contributed by atoms with Crippen molar-refractivity contribution in [2.75, 3.05) is 0 Å². The van der Waals surface area contributed by atoms with Gasteiger partial charge in [-0.25, -0.2) is 0 Å². The molecule has 1 atom stereocenters. The molecule has 64 valence electrons. The van der Waals surface area contributed by atoms with E-state index in [9.17, 15) is 13.2 Å². The van der Waals surface area contributed by atoms with Crippen molar-refractivity contribution >= 4 is 6.21 Å². The van der Waals surface area contributed by atoms with E-state index in [2.05, 4.69) is 11.7 Å². The van der Waals surface area contributed by atoms with Crippen LogP contribution in [0, 0.1) is 5.92 Å². The third-order valence-corrected chi connectivity index (χ3v) is 1.15. The van der Waals surface area contributed by atoms with Crippen LogP contribution in [-0.4, -0.2) is 17.6 Å². The van der Waals surface area contributed by atoms with E-state index in [0.717, 1.165) is 12.3 Å². The Morgan fingerprint density at radius 2 is 2.09 bits per heavy atom. The van der Waals surface area contributed by atoms with E-state index in [-0.39, 0.29) is 6.42 Å². The van der Waals surface area contributed by atoms with Crippen molar-refractivity contribution in [1.29, 1.82) is 0 Å². The third-order valence-electron chi connectivity index (χ3n) is 1.15. The maximum Gasteiger partial charge on any atom is 0.395 e.